The summed E-state index contributed by atoms with van der Waals surface area (Å²) in [7, 11) is 1.96. The van der Waals surface area contributed by atoms with Crippen molar-refractivity contribution in [1.29, 1.82) is 0 Å². The van der Waals surface area contributed by atoms with Crippen LogP contribution in [0.25, 0.3) is 0 Å². The van der Waals surface area contributed by atoms with Crippen LogP contribution < -0.4 is 21.5 Å². The highest BCUT2D eigenvalue weighted by molar-refractivity contribution is 4.49. The summed E-state index contributed by atoms with van der Waals surface area (Å²) in [4.78, 5) is 0. The van der Waals surface area contributed by atoms with Gasteiger partial charge in [0.05, 0.1) is 0 Å². The Labute approximate surface area is 88.2 Å². The Bertz CT molecular complexity index is 86.1. The van der Waals surface area contributed by atoms with E-state index in [-0.39, 0.29) is 0 Å². The molecule has 0 amide bonds. The highest BCUT2D eigenvalue weighted by atomic mass is 15.3. The van der Waals surface area contributed by atoms with Crippen LogP contribution in [0, 0.1) is 0 Å². The Hall–Kier alpha value is -0.160. The van der Waals surface area contributed by atoms with Gasteiger partial charge in [0.2, 0.25) is 0 Å². The summed E-state index contributed by atoms with van der Waals surface area (Å²) in [6, 6.07) is 0. The lowest BCUT2D eigenvalue weighted by atomic mass is 10.3. The second-order valence-electron chi connectivity index (χ2n) is 3.41. The molecule has 4 N–H and O–H groups in total. The molecule has 0 heterocycles. The number of hydrazine groups is 1. The van der Waals surface area contributed by atoms with Crippen molar-refractivity contribution in [3.8, 4) is 0 Å². The monoisotopic (exact) mass is 202 g/mol. The Kier molecular flexibility index (Phi) is 12.7. The first kappa shape index (κ1) is 13.8. The molecule has 0 aromatic carbocycles. The fraction of sp³-hybridized carbons (Fsp3) is 1.00. The van der Waals surface area contributed by atoms with Crippen molar-refractivity contribution in [2.45, 2.75) is 26.2 Å². The molecule has 4 heteroatoms. The van der Waals surface area contributed by atoms with Gasteiger partial charge in [-0.25, -0.2) is 0 Å². The zero-order chi connectivity index (χ0) is 10.5. The van der Waals surface area contributed by atoms with E-state index in [1.165, 1.54) is 19.3 Å². The molecule has 0 atom stereocenters. The van der Waals surface area contributed by atoms with Crippen molar-refractivity contribution < 1.29 is 0 Å². The van der Waals surface area contributed by atoms with E-state index in [0.29, 0.717) is 0 Å². The van der Waals surface area contributed by atoms with E-state index in [9.17, 15) is 0 Å². The molecule has 86 valence electrons. The van der Waals surface area contributed by atoms with E-state index in [2.05, 4.69) is 28.4 Å². The minimum atomic E-state index is 0.977. The van der Waals surface area contributed by atoms with Crippen molar-refractivity contribution >= 4 is 0 Å². The topological polar surface area (TPSA) is 48.1 Å². The van der Waals surface area contributed by atoms with Gasteiger partial charge in [0.15, 0.2) is 0 Å². The summed E-state index contributed by atoms with van der Waals surface area (Å²) in [6.45, 7) is 7.52. The summed E-state index contributed by atoms with van der Waals surface area (Å²) in [5.74, 6) is 0. The molecule has 0 spiro atoms. The number of rotatable bonds is 11. The van der Waals surface area contributed by atoms with Crippen LogP contribution in [0.4, 0.5) is 0 Å². The molecule has 14 heavy (non-hydrogen) atoms. The summed E-state index contributed by atoms with van der Waals surface area (Å²) in [5.41, 5.74) is 6.35. The highest BCUT2D eigenvalue weighted by Gasteiger charge is 1.88. The van der Waals surface area contributed by atoms with Crippen LogP contribution in [0.3, 0.4) is 0 Å². The summed E-state index contributed by atoms with van der Waals surface area (Å²) >= 11 is 0. The number of unbranched alkanes of at least 4 members (excludes halogenated alkanes) is 1. The van der Waals surface area contributed by atoms with Gasteiger partial charge >= 0.3 is 0 Å². The van der Waals surface area contributed by atoms with Crippen molar-refractivity contribution in [2.75, 3.05) is 39.8 Å². The molecule has 0 aliphatic carbocycles. The lowest BCUT2D eigenvalue weighted by Gasteiger charge is -2.06. The third kappa shape index (κ3) is 11.8. The Balaban J connectivity index is 2.78. The van der Waals surface area contributed by atoms with Gasteiger partial charge in [-0.05, 0) is 39.4 Å². The number of likely N-dealkylation sites (N-methyl/N-ethyl adjacent to an activating group) is 1. The standard InChI is InChI=1S/C10H26N4/c1-3-6-12-7-4-5-8-13-14-10-9-11-2/h11-14H,3-10H2,1-2H3. The van der Waals surface area contributed by atoms with Crippen molar-refractivity contribution in [1.82, 2.24) is 21.5 Å². The smallest absolute Gasteiger partial charge is 0.0225 e. The van der Waals surface area contributed by atoms with Crippen molar-refractivity contribution in [3.63, 3.8) is 0 Å². The van der Waals surface area contributed by atoms with E-state index in [4.69, 9.17) is 0 Å². The molecule has 0 aromatic heterocycles. The third-order valence-electron chi connectivity index (χ3n) is 1.96. The van der Waals surface area contributed by atoms with Gasteiger partial charge in [-0.15, -0.1) is 0 Å². The van der Waals surface area contributed by atoms with Gasteiger partial charge in [0.1, 0.15) is 0 Å². The highest BCUT2D eigenvalue weighted by Crippen LogP contribution is 1.83. The van der Waals surface area contributed by atoms with Crippen LogP contribution in [-0.4, -0.2) is 39.8 Å². The Morgan fingerprint density at radius 2 is 1.50 bits per heavy atom. The Morgan fingerprint density at radius 1 is 0.786 bits per heavy atom. The molecule has 0 unspecified atom stereocenters. The lowest BCUT2D eigenvalue weighted by Crippen LogP contribution is -2.37. The quantitative estimate of drug-likeness (QED) is 0.283. The molecule has 0 aliphatic rings. The van der Waals surface area contributed by atoms with Crippen LogP contribution in [0.1, 0.15) is 26.2 Å². The molecular weight excluding hydrogens is 176 g/mol. The summed E-state index contributed by atoms with van der Waals surface area (Å²) in [6.07, 6.45) is 3.70. The second-order valence-corrected chi connectivity index (χ2v) is 3.41. The first-order valence-electron chi connectivity index (χ1n) is 5.72. The van der Waals surface area contributed by atoms with Crippen LogP contribution in [0.5, 0.6) is 0 Å². The maximum absolute atomic E-state index is 3.39. The molecule has 0 aliphatic heterocycles. The molecule has 0 aromatic rings. The number of hydrogen-bond donors (Lipinski definition) is 4. The molecule has 0 rings (SSSR count). The molecule has 0 fully saturated rings. The van der Waals surface area contributed by atoms with Crippen molar-refractivity contribution in [3.05, 3.63) is 0 Å². The summed E-state index contributed by atoms with van der Waals surface area (Å²) < 4.78 is 0. The fourth-order valence-corrected chi connectivity index (χ4v) is 1.13. The zero-order valence-corrected chi connectivity index (χ0v) is 9.66. The van der Waals surface area contributed by atoms with Gasteiger partial charge in [-0.3, -0.25) is 10.9 Å². The third-order valence-corrected chi connectivity index (χ3v) is 1.96. The molecule has 0 saturated heterocycles. The van der Waals surface area contributed by atoms with Gasteiger partial charge in [-0.2, -0.15) is 0 Å². The van der Waals surface area contributed by atoms with E-state index in [1.54, 1.807) is 0 Å². The molecular formula is C10H26N4. The molecule has 0 radical (unpaired) electrons. The first-order valence-corrected chi connectivity index (χ1v) is 5.72. The minimum absolute atomic E-state index is 0.977. The number of hydrogen-bond acceptors (Lipinski definition) is 4. The number of nitrogens with one attached hydrogen (secondary N) is 4. The molecule has 0 saturated carbocycles. The van der Waals surface area contributed by atoms with E-state index in [0.717, 1.165) is 32.7 Å². The van der Waals surface area contributed by atoms with Crippen LogP contribution in [-0.2, 0) is 0 Å². The van der Waals surface area contributed by atoms with Gasteiger partial charge in [0, 0.05) is 19.6 Å². The van der Waals surface area contributed by atoms with E-state index >= 15 is 0 Å². The Morgan fingerprint density at radius 3 is 2.21 bits per heavy atom. The molecule has 4 nitrogen and oxygen atoms in total. The van der Waals surface area contributed by atoms with Gasteiger partial charge < -0.3 is 10.6 Å². The average Bonchev–Trinajstić information content (AvgIpc) is 2.21. The van der Waals surface area contributed by atoms with Crippen LogP contribution in [0.2, 0.25) is 0 Å². The maximum atomic E-state index is 3.39. The van der Waals surface area contributed by atoms with E-state index in [1.807, 2.05) is 7.05 Å². The zero-order valence-electron chi connectivity index (χ0n) is 9.66. The van der Waals surface area contributed by atoms with Crippen molar-refractivity contribution in [2.24, 2.45) is 0 Å². The minimum Gasteiger partial charge on any atom is -0.318 e. The lowest BCUT2D eigenvalue weighted by molar-refractivity contribution is 0.500. The average molecular weight is 202 g/mol. The SMILES string of the molecule is CCCNCCCCNNCCNC. The summed E-state index contributed by atoms with van der Waals surface area (Å²) in [5, 5.41) is 6.47. The molecule has 0 bridgehead atoms. The van der Waals surface area contributed by atoms with Crippen LogP contribution in [0.15, 0.2) is 0 Å². The fourth-order valence-electron chi connectivity index (χ4n) is 1.13. The predicted octanol–water partition coefficient (Wildman–Crippen LogP) is 0.0798. The normalized spacial score (nSPS) is 10.7. The van der Waals surface area contributed by atoms with Crippen LogP contribution >= 0.6 is 0 Å². The second kappa shape index (κ2) is 12.8. The maximum Gasteiger partial charge on any atom is 0.0225 e. The first-order chi connectivity index (χ1) is 6.91. The van der Waals surface area contributed by atoms with Gasteiger partial charge in [-0.1, -0.05) is 6.92 Å². The predicted molar refractivity (Wildman–Crippen MR) is 62.3 cm³/mol. The van der Waals surface area contributed by atoms with Gasteiger partial charge in [0.25, 0.3) is 0 Å². The van der Waals surface area contributed by atoms with E-state index < -0.39 is 0 Å². The largest absolute Gasteiger partial charge is 0.318 e.